The molecule has 0 amide bonds. The van der Waals surface area contributed by atoms with E-state index >= 15 is 0 Å². The molecule has 0 saturated heterocycles. The first-order chi connectivity index (χ1) is 12.7. The van der Waals surface area contributed by atoms with Gasteiger partial charge in [0.2, 0.25) is 0 Å². The van der Waals surface area contributed by atoms with Gasteiger partial charge in [-0.25, -0.2) is 0 Å². The van der Waals surface area contributed by atoms with E-state index in [-0.39, 0.29) is 5.37 Å². The Labute approximate surface area is 158 Å². The van der Waals surface area contributed by atoms with Gasteiger partial charge in [0.1, 0.15) is 10.4 Å². The second-order valence-corrected chi connectivity index (χ2v) is 7.49. The fraction of sp³-hybridized carbons (Fsp3) is 0.136. The van der Waals surface area contributed by atoms with E-state index in [9.17, 15) is 0 Å². The zero-order chi connectivity index (χ0) is 17.9. The van der Waals surface area contributed by atoms with Crippen molar-refractivity contribution in [3.8, 4) is 0 Å². The van der Waals surface area contributed by atoms with Crippen molar-refractivity contribution in [3.63, 3.8) is 0 Å². The summed E-state index contributed by atoms with van der Waals surface area (Å²) in [5.74, 6) is 0. The predicted octanol–water partition coefficient (Wildman–Crippen LogP) is 5.46. The lowest BCUT2D eigenvalue weighted by molar-refractivity contribution is 0.744. The fourth-order valence-electron chi connectivity index (χ4n) is 2.93. The fourth-order valence-corrected chi connectivity index (χ4v) is 3.93. The zero-order valence-electron chi connectivity index (χ0n) is 14.9. The largest absolute Gasteiger partial charge is 0.345 e. The Hall–Kier alpha value is -2.72. The second-order valence-electron chi connectivity index (χ2n) is 6.40. The molecule has 1 atom stereocenters. The molecule has 0 radical (unpaired) electrons. The van der Waals surface area contributed by atoms with Crippen LogP contribution in [0.25, 0.3) is 0 Å². The number of anilines is 2. The standard InChI is InChI=1S/C22H21N3S/c1-16-8-10-17(11-9-16)21-23-24-22(26-21)18-12-14-20(15-13-18)25(2)19-6-4-3-5-7-19/h3-15,22,24H,1-2H3/t22-/m1/s1. The number of nitrogens with zero attached hydrogens (tertiary/aromatic N) is 2. The highest BCUT2D eigenvalue weighted by atomic mass is 32.2. The Kier molecular flexibility index (Phi) is 4.67. The smallest absolute Gasteiger partial charge is 0.126 e. The molecule has 26 heavy (non-hydrogen) atoms. The molecule has 1 heterocycles. The van der Waals surface area contributed by atoms with E-state index < -0.39 is 0 Å². The minimum absolute atomic E-state index is 0.155. The third-order valence-corrected chi connectivity index (χ3v) is 5.70. The first-order valence-corrected chi connectivity index (χ1v) is 9.54. The quantitative estimate of drug-likeness (QED) is 0.670. The van der Waals surface area contributed by atoms with Crippen LogP contribution in [0, 0.1) is 6.92 Å². The highest BCUT2D eigenvalue weighted by molar-refractivity contribution is 8.14. The van der Waals surface area contributed by atoms with Gasteiger partial charge in [0.15, 0.2) is 0 Å². The lowest BCUT2D eigenvalue weighted by atomic mass is 10.2. The van der Waals surface area contributed by atoms with Crippen molar-refractivity contribution in [1.82, 2.24) is 5.43 Å². The number of rotatable bonds is 4. The van der Waals surface area contributed by atoms with Gasteiger partial charge in [-0.15, -0.1) is 0 Å². The number of aryl methyl sites for hydroxylation is 1. The van der Waals surface area contributed by atoms with Crippen LogP contribution in [-0.2, 0) is 0 Å². The number of thioether (sulfide) groups is 1. The van der Waals surface area contributed by atoms with Crippen molar-refractivity contribution in [2.45, 2.75) is 12.3 Å². The van der Waals surface area contributed by atoms with Crippen LogP contribution < -0.4 is 10.3 Å². The van der Waals surface area contributed by atoms with Crippen LogP contribution in [0.5, 0.6) is 0 Å². The summed E-state index contributed by atoms with van der Waals surface area (Å²) < 4.78 is 0. The van der Waals surface area contributed by atoms with E-state index in [0.29, 0.717) is 0 Å². The molecule has 4 heteroatoms. The first kappa shape index (κ1) is 16.7. The van der Waals surface area contributed by atoms with Crippen molar-refractivity contribution in [3.05, 3.63) is 95.6 Å². The molecule has 0 spiro atoms. The minimum Gasteiger partial charge on any atom is -0.345 e. The van der Waals surface area contributed by atoms with Gasteiger partial charge in [0, 0.05) is 24.0 Å². The number of nitrogens with one attached hydrogen (secondary N) is 1. The molecular formula is C22H21N3S. The Morgan fingerprint density at radius 2 is 1.50 bits per heavy atom. The van der Waals surface area contributed by atoms with Crippen LogP contribution in [-0.4, -0.2) is 12.1 Å². The summed E-state index contributed by atoms with van der Waals surface area (Å²) in [5, 5.41) is 5.71. The van der Waals surface area contributed by atoms with Crippen LogP contribution in [0.3, 0.4) is 0 Å². The Morgan fingerprint density at radius 3 is 2.19 bits per heavy atom. The molecule has 3 aromatic rings. The van der Waals surface area contributed by atoms with Gasteiger partial charge >= 0.3 is 0 Å². The van der Waals surface area contributed by atoms with E-state index in [0.717, 1.165) is 10.6 Å². The number of hydrazone groups is 1. The van der Waals surface area contributed by atoms with Crippen molar-refractivity contribution in [1.29, 1.82) is 0 Å². The molecule has 0 unspecified atom stereocenters. The molecular weight excluding hydrogens is 338 g/mol. The summed E-state index contributed by atoms with van der Waals surface area (Å²) in [6, 6.07) is 27.6. The van der Waals surface area contributed by atoms with E-state index in [1.807, 2.05) is 6.07 Å². The van der Waals surface area contributed by atoms with Crippen molar-refractivity contribution in [2.75, 3.05) is 11.9 Å². The minimum atomic E-state index is 0.155. The monoisotopic (exact) mass is 359 g/mol. The van der Waals surface area contributed by atoms with Gasteiger partial charge in [-0.2, -0.15) is 5.10 Å². The Balaban J connectivity index is 1.46. The Morgan fingerprint density at radius 1 is 0.846 bits per heavy atom. The molecule has 4 rings (SSSR count). The van der Waals surface area contributed by atoms with E-state index in [1.165, 1.54) is 22.5 Å². The van der Waals surface area contributed by atoms with Crippen LogP contribution in [0.2, 0.25) is 0 Å². The molecule has 1 N–H and O–H groups in total. The van der Waals surface area contributed by atoms with E-state index in [2.05, 4.69) is 102 Å². The zero-order valence-corrected chi connectivity index (χ0v) is 15.7. The van der Waals surface area contributed by atoms with Gasteiger partial charge < -0.3 is 4.90 Å². The van der Waals surface area contributed by atoms with Gasteiger partial charge in [-0.05, 0) is 36.8 Å². The summed E-state index contributed by atoms with van der Waals surface area (Å²) in [7, 11) is 2.09. The van der Waals surface area contributed by atoms with Crippen LogP contribution >= 0.6 is 11.8 Å². The van der Waals surface area contributed by atoms with Crippen molar-refractivity contribution in [2.24, 2.45) is 5.10 Å². The molecule has 0 bridgehead atoms. The third kappa shape index (κ3) is 3.46. The lowest BCUT2D eigenvalue weighted by Gasteiger charge is -2.20. The lowest BCUT2D eigenvalue weighted by Crippen LogP contribution is -2.10. The molecule has 1 aliphatic rings. The first-order valence-electron chi connectivity index (χ1n) is 8.66. The highest BCUT2D eigenvalue weighted by Crippen LogP contribution is 2.35. The van der Waals surface area contributed by atoms with Crippen LogP contribution in [0.4, 0.5) is 11.4 Å². The average molecular weight is 359 g/mol. The third-order valence-electron chi connectivity index (χ3n) is 4.54. The van der Waals surface area contributed by atoms with E-state index in [4.69, 9.17) is 0 Å². The molecule has 0 aliphatic carbocycles. The number of para-hydroxylation sites is 1. The summed E-state index contributed by atoms with van der Waals surface area (Å²) in [6.07, 6.45) is 0. The number of hydrogen-bond acceptors (Lipinski definition) is 4. The van der Waals surface area contributed by atoms with Crippen LogP contribution in [0.15, 0.2) is 84.0 Å². The SMILES string of the molecule is Cc1ccc(C2=NN[C@@H](c3ccc(N(C)c4ccccc4)cc3)S2)cc1. The van der Waals surface area contributed by atoms with Crippen molar-refractivity contribution < 1.29 is 0 Å². The van der Waals surface area contributed by atoms with Gasteiger partial charge in [-0.1, -0.05) is 71.9 Å². The molecule has 130 valence electrons. The number of hydrogen-bond donors (Lipinski definition) is 1. The van der Waals surface area contributed by atoms with Gasteiger partial charge in [-0.3, -0.25) is 5.43 Å². The summed E-state index contributed by atoms with van der Waals surface area (Å²) in [6.45, 7) is 2.10. The van der Waals surface area contributed by atoms with Crippen LogP contribution in [0.1, 0.15) is 22.1 Å². The maximum atomic E-state index is 4.52. The number of benzene rings is 3. The molecule has 0 aromatic heterocycles. The van der Waals surface area contributed by atoms with E-state index in [1.54, 1.807) is 11.8 Å². The van der Waals surface area contributed by atoms with Gasteiger partial charge in [0.25, 0.3) is 0 Å². The van der Waals surface area contributed by atoms with Crippen molar-refractivity contribution >= 4 is 28.2 Å². The summed E-state index contributed by atoms with van der Waals surface area (Å²) >= 11 is 1.76. The molecule has 3 nitrogen and oxygen atoms in total. The molecule has 0 saturated carbocycles. The maximum Gasteiger partial charge on any atom is 0.126 e. The topological polar surface area (TPSA) is 27.6 Å². The molecule has 1 aliphatic heterocycles. The summed E-state index contributed by atoms with van der Waals surface area (Å²) in [5.41, 5.74) is 9.26. The highest BCUT2D eigenvalue weighted by Gasteiger charge is 2.22. The second kappa shape index (κ2) is 7.26. The maximum absolute atomic E-state index is 4.52. The Bertz CT molecular complexity index is 902. The van der Waals surface area contributed by atoms with Gasteiger partial charge in [0.05, 0.1) is 0 Å². The predicted molar refractivity (Wildman–Crippen MR) is 112 cm³/mol. The molecule has 3 aromatic carbocycles. The average Bonchev–Trinajstić information content (AvgIpc) is 3.19. The molecule has 0 fully saturated rings. The summed E-state index contributed by atoms with van der Waals surface area (Å²) in [4.78, 5) is 2.19. The normalized spacial score (nSPS) is 16.1.